The van der Waals surface area contributed by atoms with Gasteiger partial charge >= 0.3 is 0 Å². The molecule has 7 heteroatoms. The molecule has 0 heterocycles. The Bertz CT molecular complexity index is 1160. The van der Waals surface area contributed by atoms with Crippen molar-refractivity contribution in [1.29, 1.82) is 0 Å². The molecule has 5 nitrogen and oxygen atoms in total. The van der Waals surface area contributed by atoms with Gasteiger partial charge in [-0.25, -0.2) is 0 Å². The summed E-state index contributed by atoms with van der Waals surface area (Å²) in [6.45, 7) is 4.28. The zero-order valence-electron chi connectivity index (χ0n) is 19.1. The quantitative estimate of drug-likeness (QED) is 0.425. The first-order chi connectivity index (χ1) is 15.7. The lowest BCUT2D eigenvalue weighted by Gasteiger charge is -2.29. The van der Waals surface area contributed by atoms with E-state index in [0.717, 1.165) is 11.3 Å². The Balaban J connectivity index is 1.93. The van der Waals surface area contributed by atoms with Crippen LogP contribution < -0.4 is 10.2 Å². The van der Waals surface area contributed by atoms with Crippen molar-refractivity contribution in [3.05, 3.63) is 93.5 Å². The van der Waals surface area contributed by atoms with E-state index in [0.29, 0.717) is 33.4 Å². The van der Waals surface area contributed by atoms with Crippen molar-refractivity contribution in [1.82, 2.24) is 4.90 Å². The third-order valence-corrected chi connectivity index (χ3v) is 5.93. The third-order valence-electron chi connectivity index (χ3n) is 5.27. The number of benzene rings is 3. The Hall–Kier alpha value is -3.02. The largest absolute Gasteiger partial charge is 0.377 e. The van der Waals surface area contributed by atoms with Gasteiger partial charge in [0.1, 0.15) is 0 Å². The summed E-state index contributed by atoms with van der Waals surface area (Å²) in [6, 6.07) is 19.5. The number of hydrogen-bond acceptors (Lipinski definition) is 3. The zero-order valence-corrected chi connectivity index (χ0v) is 20.6. The van der Waals surface area contributed by atoms with Gasteiger partial charge in [-0.2, -0.15) is 0 Å². The summed E-state index contributed by atoms with van der Waals surface area (Å²) in [5.74, 6) is -0.442. The van der Waals surface area contributed by atoms with Crippen LogP contribution in [0.2, 0.25) is 10.0 Å². The second-order valence-corrected chi connectivity index (χ2v) is 8.99. The summed E-state index contributed by atoms with van der Waals surface area (Å²) in [4.78, 5) is 29.8. The smallest absolute Gasteiger partial charge is 0.257 e. The fraction of sp³-hybridized carbons (Fsp3) is 0.231. The number of halogens is 2. The van der Waals surface area contributed by atoms with E-state index >= 15 is 0 Å². The van der Waals surface area contributed by atoms with Crippen molar-refractivity contribution in [2.45, 2.75) is 26.4 Å². The lowest BCUT2D eigenvalue weighted by molar-refractivity contribution is 0.0690. The van der Waals surface area contributed by atoms with Gasteiger partial charge in [0.2, 0.25) is 0 Å². The van der Waals surface area contributed by atoms with E-state index in [1.807, 2.05) is 51.0 Å². The summed E-state index contributed by atoms with van der Waals surface area (Å²) in [5, 5.41) is 3.72. The van der Waals surface area contributed by atoms with Crippen LogP contribution in [0.5, 0.6) is 0 Å². The summed E-state index contributed by atoms with van der Waals surface area (Å²) in [5.41, 5.74) is 3.32. The van der Waals surface area contributed by atoms with E-state index in [1.54, 1.807) is 53.4 Å². The van der Waals surface area contributed by atoms with Crippen LogP contribution in [0.1, 0.15) is 40.1 Å². The molecule has 0 saturated heterocycles. The molecule has 33 heavy (non-hydrogen) atoms. The van der Waals surface area contributed by atoms with Crippen LogP contribution in [-0.4, -0.2) is 36.9 Å². The molecule has 0 unspecified atom stereocenters. The summed E-state index contributed by atoms with van der Waals surface area (Å²) < 4.78 is 0. The van der Waals surface area contributed by atoms with Crippen molar-refractivity contribution < 1.29 is 9.59 Å². The van der Waals surface area contributed by atoms with Gasteiger partial charge in [0.15, 0.2) is 0 Å². The summed E-state index contributed by atoms with van der Waals surface area (Å²) in [7, 11) is 3.88. The molecule has 0 aromatic heterocycles. The highest BCUT2D eigenvalue weighted by molar-refractivity contribution is 6.34. The standard InChI is InChI=1S/C26H27Cl2N3O2/c1-17(2)31(26(33)21-10-6-8-12-23(21)28)16-18-15-19(13-14-24(18)30(3)4)29-25(32)20-9-5-7-11-22(20)27/h5-15,17H,16H2,1-4H3,(H,29,32). The van der Waals surface area contributed by atoms with Crippen molar-refractivity contribution >= 4 is 46.4 Å². The highest BCUT2D eigenvalue weighted by Gasteiger charge is 2.23. The van der Waals surface area contributed by atoms with Crippen LogP contribution in [0.4, 0.5) is 11.4 Å². The molecule has 3 aromatic rings. The van der Waals surface area contributed by atoms with Crippen LogP contribution in [0, 0.1) is 0 Å². The van der Waals surface area contributed by atoms with Crippen molar-refractivity contribution in [2.75, 3.05) is 24.3 Å². The number of nitrogens with one attached hydrogen (secondary N) is 1. The van der Waals surface area contributed by atoms with Crippen molar-refractivity contribution in [3.8, 4) is 0 Å². The van der Waals surface area contributed by atoms with Gasteiger partial charge in [-0.3, -0.25) is 9.59 Å². The van der Waals surface area contributed by atoms with Crippen LogP contribution >= 0.6 is 23.2 Å². The predicted octanol–water partition coefficient (Wildman–Crippen LogP) is 6.36. The van der Waals surface area contributed by atoms with Gasteiger partial charge in [-0.05, 0) is 61.9 Å². The Morgan fingerprint density at radius 3 is 2.00 bits per heavy atom. The Morgan fingerprint density at radius 1 is 0.879 bits per heavy atom. The number of carbonyl (C=O) groups is 2. The van der Waals surface area contributed by atoms with Crippen molar-refractivity contribution in [3.63, 3.8) is 0 Å². The molecular weight excluding hydrogens is 457 g/mol. The Labute approximate surface area is 204 Å². The van der Waals surface area contributed by atoms with Crippen LogP contribution in [0.15, 0.2) is 66.7 Å². The lowest BCUT2D eigenvalue weighted by atomic mass is 10.1. The molecule has 0 aliphatic rings. The number of nitrogens with zero attached hydrogens (tertiary/aromatic N) is 2. The first-order valence-electron chi connectivity index (χ1n) is 10.6. The first kappa shape index (κ1) is 24.6. The lowest BCUT2D eigenvalue weighted by Crippen LogP contribution is -2.37. The maximum Gasteiger partial charge on any atom is 0.257 e. The minimum atomic E-state index is -0.294. The number of amides is 2. The fourth-order valence-corrected chi connectivity index (χ4v) is 3.97. The maximum atomic E-state index is 13.3. The maximum absolute atomic E-state index is 13.3. The van der Waals surface area contributed by atoms with E-state index in [2.05, 4.69) is 5.32 Å². The second-order valence-electron chi connectivity index (χ2n) is 8.18. The first-order valence-corrected chi connectivity index (χ1v) is 11.4. The van der Waals surface area contributed by atoms with Gasteiger partial charge < -0.3 is 15.1 Å². The van der Waals surface area contributed by atoms with Gasteiger partial charge in [0, 0.05) is 38.1 Å². The SMILES string of the molecule is CC(C)N(Cc1cc(NC(=O)c2ccccc2Cl)ccc1N(C)C)C(=O)c1ccccc1Cl. The number of anilines is 2. The molecule has 3 rings (SSSR count). The molecule has 2 amide bonds. The Kier molecular flexibility index (Phi) is 8.01. The van der Waals surface area contributed by atoms with E-state index < -0.39 is 0 Å². The summed E-state index contributed by atoms with van der Waals surface area (Å²) >= 11 is 12.5. The minimum Gasteiger partial charge on any atom is -0.377 e. The molecule has 0 bridgehead atoms. The highest BCUT2D eigenvalue weighted by Crippen LogP contribution is 2.28. The highest BCUT2D eigenvalue weighted by atomic mass is 35.5. The van der Waals surface area contributed by atoms with Crippen LogP contribution in [0.25, 0.3) is 0 Å². The van der Waals surface area contributed by atoms with E-state index in [4.69, 9.17) is 23.2 Å². The monoisotopic (exact) mass is 483 g/mol. The molecule has 0 atom stereocenters. The minimum absolute atomic E-state index is 0.0647. The third kappa shape index (κ3) is 5.86. The predicted molar refractivity (Wildman–Crippen MR) is 137 cm³/mol. The van der Waals surface area contributed by atoms with Gasteiger partial charge in [0.05, 0.1) is 21.2 Å². The van der Waals surface area contributed by atoms with Crippen molar-refractivity contribution in [2.24, 2.45) is 0 Å². The molecule has 0 aliphatic heterocycles. The topological polar surface area (TPSA) is 52.7 Å². The normalized spacial score (nSPS) is 10.8. The van der Waals surface area contributed by atoms with E-state index in [1.165, 1.54) is 0 Å². The van der Waals surface area contributed by atoms with Gasteiger partial charge in [-0.15, -0.1) is 0 Å². The fourth-order valence-electron chi connectivity index (χ4n) is 3.53. The Morgan fingerprint density at radius 2 is 1.45 bits per heavy atom. The molecular formula is C26H27Cl2N3O2. The van der Waals surface area contributed by atoms with E-state index in [-0.39, 0.29) is 17.9 Å². The molecule has 3 aromatic carbocycles. The molecule has 1 N–H and O–H groups in total. The number of carbonyl (C=O) groups excluding carboxylic acids is 2. The molecule has 0 saturated carbocycles. The number of hydrogen-bond donors (Lipinski definition) is 1. The van der Waals surface area contributed by atoms with Crippen LogP contribution in [0.3, 0.4) is 0 Å². The second kappa shape index (κ2) is 10.7. The molecule has 0 spiro atoms. The van der Waals surface area contributed by atoms with Gasteiger partial charge in [-0.1, -0.05) is 47.5 Å². The average molecular weight is 484 g/mol. The molecule has 0 aliphatic carbocycles. The van der Waals surface area contributed by atoms with Crippen LogP contribution in [-0.2, 0) is 6.54 Å². The summed E-state index contributed by atoms with van der Waals surface area (Å²) in [6.07, 6.45) is 0. The average Bonchev–Trinajstić information content (AvgIpc) is 2.77. The molecule has 0 radical (unpaired) electrons. The van der Waals surface area contributed by atoms with E-state index in [9.17, 15) is 9.59 Å². The molecule has 0 fully saturated rings. The zero-order chi connectivity index (χ0) is 24.1. The molecule has 172 valence electrons. The number of rotatable bonds is 7. The van der Waals surface area contributed by atoms with Gasteiger partial charge in [0.25, 0.3) is 11.8 Å².